The van der Waals surface area contributed by atoms with E-state index >= 15 is 0 Å². The lowest BCUT2D eigenvalue weighted by molar-refractivity contribution is 0.0176. The lowest BCUT2D eigenvalue weighted by atomic mass is 9.80. The van der Waals surface area contributed by atoms with E-state index in [1.165, 1.54) is 0 Å². The van der Waals surface area contributed by atoms with Crippen LogP contribution in [0.1, 0.15) is 26.1 Å². The molecule has 2 heterocycles. The molecule has 2 rings (SSSR count). The average Bonchev–Trinajstić information content (AvgIpc) is 2.48. The van der Waals surface area contributed by atoms with Gasteiger partial charge >= 0.3 is 0 Å². The number of aromatic nitrogens is 3. The molecule has 1 aromatic heterocycles. The summed E-state index contributed by atoms with van der Waals surface area (Å²) in [6.07, 6.45) is 2.97. The normalized spacial score (nSPS) is 29.2. The minimum atomic E-state index is -0.632. The smallest absolute Gasteiger partial charge is 0.138 e. The minimum absolute atomic E-state index is 0.205. The summed E-state index contributed by atoms with van der Waals surface area (Å²) < 4.78 is 1.74. The fourth-order valence-electron chi connectivity index (χ4n) is 2.40. The van der Waals surface area contributed by atoms with E-state index in [-0.39, 0.29) is 5.41 Å². The molecule has 1 saturated heterocycles. The van der Waals surface area contributed by atoms with E-state index in [9.17, 15) is 5.11 Å². The Morgan fingerprint density at radius 3 is 2.81 bits per heavy atom. The Balaban J connectivity index is 2.11. The SMILES string of the molecule is Cn1ncnc1CC1(O)CSCC(C)(C)C1. The van der Waals surface area contributed by atoms with Gasteiger partial charge < -0.3 is 5.11 Å². The summed E-state index contributed by atoms with van der Waals surface area (Å²) in [5.41, 5.74) is -0.427. The highest BCUT2D eigenvalue weighted by Gasteiger charge is 2.39. The highest BCUT2D eigenvalue weighted by atomic mass is 32.2. The monoisotopic (exact) mass is 241 g/mol. The van der Waals surface area contributed by atoms with E-state index < -0.39 is 5.60 Å². The van der Waals surface area contributed by atoms with E-state index in [1.807, 2.05) is 18.8 Å². The van der Waals surface area contributed by atoms with Crippen molar-refractivity contribution in [1.29, 1.82) is 0 Å². The van der Waals surface area contributed by atoms with Crippen molar-refractivity contribution < 1.29 is 5.11 Å². The second-order valence-electron chi connectivity index (χ2n) is 5.53. The van der Waals surface area contributed by atoms with Crippen LogP contribution in [0.25, 0.3) is 0 Å². The number of thioether (sulfide) groups is 1. The molecule has 90 valence electrons. The van der Waals surface area contributed by atoms with E-state index in [4.69, 9.17) is 0 Å². The maximum Gasteiger partial charge on any atom is 0.138 e. The number of rotatable bonds is 2. The number of aliphatic hydroxyl groups is 1. The first kappa shape index (κ1) is 11.9. The number of hydrogen-bond acceptors (Lipinski definition) is 4. The van der Waals surface area contributed by atoms with Crippen molar-refractivity contribution in [3.63, 3.8) is 0 Å². The van der Waals surface area contributed by atoms with Gasteiger partial charge in [-0.05, 0) is 17.6 Å². The van der Waals surface area contributed by atoms with E-state index in [2.05, 4.69) is 23.9 Å². The van der Waals surface area contributed by atoms with Gasteiger partial charge in [-0.1, -0.05) is 13.8 Å². The molecule has 0 aliphatic carbocycles. The van der Waals surface area contributed by atoms with Crippen LogP contribution in [-0.4, -0.2) is 37.0 Å². The summed E-state index contributed by atoms with van der Waals surface area (Å²) >= 11 is 1.83. The Morgan fingerprint density at radius 2 is 2.25 bits per heavy atom. The molecule has 0 amide bonds. The molecule has 1 aromatic rings. The third-order valence-electron chi connectivity index (χ3n) is 2.96. The minimum Gasteiger partial charge on any atom is -0.389 e. The Kier molecular flexibility index (Phi) is 3.01. The molecule has 0 spiro atoms. The molecule has 0 saturated carbocycles. The van der Waals surface area contributed by atoms with Crippen LogP contribution in [0.15, 0.2) is 6.33 Å². The first-order valence-electron chi connectivity index (χ1n) is 5.53. The Labute approximate surface area is 100 Å². The number of hydrogen-bond donors (Lipinski definition) is 1. The van der Waals surface area contributed by atoms with Crippen molar-refractivity contribution in [3.8, 4) is 0 Å². The molecular weight excluding hydrogens is 222 g/mol. The fraction of sp³-hybridized carbons (Fsp3) is 0.818. The van der Waals surface area contributed by atoms with Crippen molar-refractivity contribution in [2.75, 3.05) is 11.5 Å². The molecule has 5 heteroatoms. The number of aryl methyl sites for hydroxylation is 1. The van der Waals surface area contributed by atoms with Gasteiger partial charge in [0.15, 0.2) is 0 Å². The summed E-state index contributed by atoms with van der Waals surface area (Å²) in [7, 11) is 1.87. The predicted molar refractivity (Wildman–Crippen MR) is 65.4 cm³/mol. The van der Waals surface area contributed by atoms with Crippen LogP contribution in [0, 0.1) is 5.41 Å². The Morgan fingerprint density at radius 1 is 1.50 bits per heavy atom. The van der Waals surface area contributed by atoms with Gasteiger partial charge in [-0.25, -0.2) is 4.98 Å². The van der Waals surface area contributed by atoms with Crippen LogP contribution in [0.2, 0.25) is 0 Å². The molecule has 0 radical (unpaired) electrons. The molecule has 1 N–H and O–H groups in total. The first-order valence-corrected chi connectivity index (χ1v) is 6.69. The summed E-state index contributed by atoms with van der Waals surface area (Å²) in [5.74, 6) is 2.78. The van der Waals surface area contributed by atoms with Crippen molar-refractivity contribution in [2.45, 2.75) is 32.3 Å². The Hall–Kier alpha value is -0.550. The quantitative estimate of drug-likeness (QED) is 0.846. The Bertz CT molecular complexity index is 377. The fourth-order valence-corrected chi connectivity index (χ4v) is 3.74. The average molecular weight is 241 g/mol. The van der Waals surface area contributed by atoms with Gasteiger partial charge in [-0.15, -0.1) is 0 Å². The molecule has 0 aromatic carbocycles. The highest BCUT2D eigenvalue weighted by Crippen LogP contribution is 2.40. The van der Waals surface area contributed by atoms with Gasteiger partial charge in [0.05, 0.1) is 5.60 Å². The van der Waals surface area contributed by atoms with Gasteiger partial charge in [-0.2, -0.15) is 16.9 Å². The topological polar surface area (TPSA) is 50.9 Å². The van der Waals surface area contributed by atoms with E-state index in [0.717, 1.165) is 23.8 Å². The van der Waals surface area contributed by atoms with E-state index in [1.54, 1.807) is 11.0 Å². The first-order chi connectivity index (χ1) is 7.40. The summed E-state index contributed by atoms with van der Waals surface area (Å²) in [5, 5.41) is 14.6. The lowest BCUT2D eigenvalue weighted by Crippen LogP contribution is -2.44. The summed E-state index contributed by atoms with van der Waals surface area (Å²) in [6, 6.07) is 0. The van der Waals surface area contributed by atoms with Crippen LogP contribution in [-0.2, 0) is 13.5 Å². The van der Waals surface area contributed by atoms with Crippen LogP contribution in [0.3, 0.4) is 0 Å². The van der Waals surface area contributed by atoms with Gasteiger partial charge in [0.1, 0.15) is 12.2 Å². The highest BCUT2D eigenvalue weighted by molar-refractivity contribution is 7.99. The molecule has 16 heavy (non-hydrogen) atoms. The van der Waals surface area contributed by atoms with Crippen LogP contribution in [0.5, 0.6) is 0 Å². The molecule has 0 bridgehead atoms. The van der Waals surface area contributed by atoms with Crippen LogP contribution >= 0.6 is 11.8 Å². The number of nitrogens with zero attached hydrogens (tertiary/aromatic N) is 3. The second kappa shape index (κ2) is 4.04. The maximum absolute atomic E-state index is 10.6. The summed E-state index contributed by atoms with van der Waals surface area (Å²) in [4.78, 5) is 4.19. The zero-order valence-corrected chi connectivity index (χ0v) is 10.9. The lowest BCUT2D eigenvalue weighted by Gasteiger charge is -2.40. The third kappa shape index (κ3) is 2.58. The largest absolute Gasteiger partial charge is 0.389 e. The van der Waals surface area contributed by atoms with Gasteiger partial charge in [-0.3, -0.25) is 4.68 Å². The predicted octanol–water partition coefficient (Wildman–Crippen LogP) is 1.25. The van der Waals surface area contributed by atoms with Crippen molar-refractivity contribution in [1.82, 2.24) is 14.8 Å². The summed E-state index contributed by atoms with van der Waals surface area (Å²) in [6.45, 7) is 4.42. The van der Waals surface area contributed by atoms with Gasteiger partial charge in [0, 0.05) is 19.2 Å². The zero-order valence-electron chi connectivity index (χ0n) is 10.1. The van der Waals surface area contributed by atoms with Crippen molar-refractivity contribution in [2.24, 2.45) is 12.5 Å². The van der Waals surface area contributed by atoms with Crippen LogP contribution < -0.4 is 0 Å². The van der Waals surface area contributed by atoms with E-state index in [0.29, 0.717) is 6.42 Å². The molecule has 4 nitrogen and oxygen atoms in total. The molecule has 1 fully saturated rings. The second-order valence-corrected chi connectivity index (χ2v) is 6.52. The molecule has 1 atom stereocenters. The van der Waals surface area contributed by atoms with Crippen molar-refractivity contribution >= 4 is 11.8 Å². The van der Waals surface area contributed by atoms with Gasteiger partial charge in [0.25, 0.3) is 0 Å². The maximum atomic E-state index is 10.6. The molecule has 1 unspecified atom stereocenters. The molecule has 1 aliphatic heterocycles. The van der Waals surface area contributed by atoms with Crippen molar-refractivity contribution in [3.05, 3.63) is 12.2 Å². The molecular formula is C11H19N3OS. The van der Waals surface area contributed by atoms with Crippen LogP contribution in [0.4, 0.5) is 0 Å². The molecule has 1 aliphatic rings. The zero-order chi connectivity index (χ0) is 11.8. The van der Waals surface area contributed by atoms with Gasteiger partial charge in [0.2, 0.25) is 0 Å². The standard InChI is InChI=1S/C11H19N3OS/c1-10(2)5-11(15,7-16-6-10)4-9-12-8-13-14(9)3/h8,15H,4-7H2,1-3H3. The third-order valence-corrected chi connectivity index (χ3v) is 4.69.